The number of carbonyl (C=O) groups excluding carboxylic acids is 1. The molecule has 0 spiro atoms. The maximum absolute atomic E-state index is 12.0. The maximum atomic E-state index is 12.0. The summed E-state index contributed by atoms with van der Waals surface area (Å²) in [7, 11) is 0. The molecule has 0 saturated heterocycles. The summed E-state index contributed by atoms with van der Waals surface area (Å²) in [6.45, 7) is 0.687. The average molecular weight is 266 g/mol. The van der Waals surface area contributed by atoms with Crippen LogP contribution in [0.4, 0.5) is 0 Å². The van der Waals surface area contributed by atoms with Crippen molar-refractivity contribution in [3.8, 4) is 0 Å². The molecule has 0 saturated carbocycles. The lowest BCUT2D eigenvalue weighted by Crippen LogP contribution is -2.30. The Kier molecular flexibility index (Phi) is 3.77. The molecule has 2 aromatic rings. The normalized spacial score (nSPS) is 17.3. The number of benzene rings is 1. The predicted octanol–water partition coefficient (Wildman–Crippen LogP) is 2.93. The molecule has 0 fully saturated rings. The molecule has 102 valence electrons. The number of hydrogen-bond donors (Lipinski definition) is 1. The van der Waals surface area contributed by atoms with Gasteiger partial charge < -0.3 is 5.32 Å². The van der Waals surface area contributed by atoms with E-state index < -0.39 is 0 Å². The minimum atomic E-state index is -0.0892. The van der Waals surface area contributed by atoms with Crippen molar-refractivity contribution in [1.82, 2.24) is 10.3 Å². The number of hydrogen-bond acceptors (Lipinski definition) is 2. The summed E-state index contributed by atoms with van der Waals surface area (Å²) in [5.41, 5.74) is 3.30. The monoisotopic (exact) mass is 266 g/mol. The minimum Gasteiger partial charge on any atom is -0.350 e. The maximum Gasteiger partial charge on any atom is 0.269 e. The van der Waals surface area contributed by atoms with E-state index in [1.165, 1.54) is 17.5 Å². The van der Waals surface area contributed by atoms with Gasteiger partial charge in [-0.2, -0.15) is 0 Å². The molecular formula is C17H18N2O. The molecule has 0 aliphatic heterocycles. The summed E-state index contributed by atoms with van der Waals surface area (Å²) < 4.78 is 0. The van der Waals surface area contributed by atoms with Gasteiger partial charge in [-0.3, -0.25) is 9.78 Å². The van der Waals surface area contributed by atoms with Gasteiger partial charge in [0, 0.05) is 18.7 Å². The molecule has 1 aliphatic carbocycles. The molecule has 1 N–H and O–H groups in total. The van der Waals surface area contributed by atoms with Crippen LogP contribution < -0.4 is 5.32 Å². The number of aromatic nitrogens is 1. The first-order chi connectivity index (χ1) is 9.84. The summed E-state index contributed by atoms with van der Waals surface area (Å²) in [5.74, 6) is 0.335. The SMILES string of the molecule is O=C(NCC1CCCc2ccccc21)c1ccccn1. The van der Waals surface area contributed by atoms with E-state index in [0.29, 0.717) is 18.2 Å². The molecule has 1 amide bonds. The van der Waals surface area contributed by atoms with E-state index in [2.05, 4.69) is 34.6 Å². The number of amides is 1. The standard InChI is InChI=1S/C17H18N2O/c20-17(16-10-3-4-11-18-16)19-12-14-8-5-7-13-6-1-2-9-15(13)14/h1-4,6,9-11,14H,5,7-8,12H2,(H,19,20). The first-order valence-electron chi connectivity index (χ1n) is 7.11. The van der Waals surface area contributed by atoms with E-state index in [9.17, 15) is 4.79 Å². The second kappa shape index (κ2) is 5.87. The van der Waals surface area contributed by atoms with Crippen LogP contribution in [0.5, 0.6) is 0 Å². The largest absolute Gasteiger partial charge is 0.350 e. The van der Waals surface area contributed by atoms with Crippen molar-refractivity contribution < 1.29 is 4.79 Å². The Balaban J connectivity index is 1.67. The van der Waals surface area contributed by atoms with Gasteiger partial charge in [0.1, 0.15) is 5.69 Å². The van der Waals surface area contributed by atoms with Gasteiger partial charge in [-0.1, -0.05) is 30.3 Å². The van der Waals surface area contributed by atoms with Gasteiger partial charge in [0.25, 0.3) is 5.91 Å². The fraction of sp³-hybridized carbons (Fsp3) is 0.294. The highest BCUT2D eigenvalue weighted by molar-refractivity contribution is 5.92. The number of rotatable bonds is 3. The zero-order valence-electron chi connectivity index (χ0n) is 11.4. The number of fused-ring (bicyclic) bond motifs is 1. The molecule has 1 heterocycles. The fourth-order valence-electron chi connectivity index (χ4n) is 2.87. The van der Waals surface area contributed by atoms with E-state index in [0.717, 1.165) is 12.8 Å². The van der Waals surface area contributed by atoms with Crippen molar-refractivity contribution in [3.05, 3.63) is 65.5 Å². The molecule has 1 aliphatic rings. The van der Waals surface area contributed by atoms with E-state index in [1.807, 2.05) is 12.1 Å². The Morgan fingerprint density at radius 3 is 2.90 bits per heavy atom. The second-order valence-electron chi connectivity index (χ2n) is 5.21. The van der Waals surface area contributed by atoms with Crippen LogP contribution in [0.3, 0.4) is 0 Å². The highest BCUT2D eigenvalue weighted by Crippen LogP contribution is 2.30. The van der Waals surface area contributed by atoms with E-state index in [4.69, 9.17) is 0 Å². The van der Waals surface area contributed by atoms with Gasteiger partial charge in [-0.05, 0) is 42.5 Å². The fourth-order valence-corrected chi connectivity index (χ4v) is 2.87. The molecule has 3 rings (SSSR count). The smallest absolute Gasteiger partial charge is 0.269 e. The zero-order chi connectivity index (χ0) is 13.8. The Morgan fingerprint density at radius 1 is 1.20 bits per heavy atom. The lowest BCUT2D eigenvalue weighted by Gasteiger charge is -2.25. The molecule has 1 unspecified atom stereocenters. The van der Waals surface area contributed by atoms with E-state index >= 15 is 0 Å². The van der Waals surface area contributed by atoms with Crippen LogP contribution in [0.25, 0.3) is 0 Å². The van der Waals surface area contributed by atoms with Gasteiger partial charge >= 0.3 is 0 Å². The second-order valence-corrected chi connectivity index (χ2v) is 5.21. The number of nitrogens with zero attached hydrogens (tertiary/aromatic N) is 1. The van der Waals surface area contributed by atoms with Crippen LogP contribution in [0.2, 0.25) is 0 Å². The Hall–Kier alpha value is -2.16. The van der Waals surface area contributed by atoms with Crippen molar-refractivity contribution in [3.63, 3.8) is 0 Å². The van der Waals surface area contributed by atoms with Crippen molar-refractivity contribution in [2.24, 2.45) is 0 Å². The predicted molar refractivity (Wildman–Crippen MR) is 78.7 cm³/mol. The highest BCUT2D eigenvalue weighted by Gasteiger charge is 2.20. The van der Waals surface area contributed by atoms with Crippen molar-refractivity contribution in [2.75, 3.05) is 6.54 Å². The van der Waals surface area contributed by atoms with Gasteiger partial charge in [0.05, 0.1) is 0 Å². The Bertz CT molecular complexity index is 595. The first kappa shape index (κ1) is 12.9. The van der Waals surface area contributed by atoms with E-state index in [-0.39, 0.29) is 5.91 Å². The van der Waals surface area contributed by atoms with Gasteiger partial charge in [0.2, 0.25) is 0 Å². The molecule has 0 radical (unpaired) electrons. The number of aryl methyl sites for hydroxylation is 1. The third-order valence-electron chi connectivity index (χ3n) is 3.90. The van der Waals surface area contributed by atoms with Crippen molar-refractivity contribution in [1.29, 1.82) is 0 Å². The molecule has 3 nitrogen and oxygen atoms in total. The molecule has 1 aromatic carbocycles. The van der Waals surface area contributed by atoms with Gasteiger partial charge in [0.15, 0.2) is 0 Å². The lowest BCUT2D eigenvalue weighted by atomic mass is 9.83. The number of pyridine rings is 1. The quantitative estimate of drug-likeness (QED) is 0.928. The molecule has 1 aromatic heterocycles. The van der Waals surface area contributed by atoms with Gasteiger partial charge in [-0.25, -0.2) is 0 Å². The summed E-state index contributed by atoms with van der Waals surface area (Å²) in [6.07, 6.45) is 5.13. The van der Waals surface area contributed by atoms with Crippen LogP contribution in [0.15, 0.2) is 48.7 Å². The van der Waals surface area contributed by atoms with Gasteiger partial charge in [-0.15, -0.1) is 0 Å². The third kappa shape index (κ3) is 2.72. The van der Waals surface area contributed by atoms with Crippen LogP contribution in [-0.4, -0.2) is 17.4 Å². The average Bonchev–Trinajstić information content (AvgIpc) is 2.53. The van der Waals surface area contributed by atoms with Crippen molar-refractivity contribution in [2.45, 2.75) is 25.2 Å². The van der Waals surface area contributed by atoms with Crippen LogP contribution in [0, 0.1) is 0 Å². The molecular weight excluding hydrogens is 248 g/mol. The van der Waals surface area contributed by atoms with Crippen LogP contribution in [-0.2, 0) is 6.42 Å². The molecule has 0 bridgehead atoms. The highest BCUT2D eigenvalue weighted by atomic mass is 16.1. The zero-order valence-corrected chi connectivity index (χ0v) is 11.4. The molecule has 20 heavy (non-hydrogen) atoms. The van der Waals surface area contributed by atoms with E-state index in [1.54, 1.807) is 12.3 Å². The Labute approximate surface area is 119 Å². The minimum absolute atomic E-state index is 0.0892. The van der Waals surface area contributed by atoms with Crippen molar-refractivity contribution >= 4 is 5.91 Å². The Morgan fingerprint density at radius 2 is 2.05 bits per heavy atom. The third-order valence-corrected chi connectivity index (χ3v) is 3.90. The van der Waals surface area contributed by atoms with Crippen LogP contribution in [0.1, 0.15) is 40.4 Å². The summed E-state index contributed by atoms with van der Waals surface area (Å²) in [6, 6.07) is 13.9. The first-order valence-corrected chi connectivity index (χ1v) is 7.11. The summed E-state index contributed by atoms with van der Waals surface area (Å²) in [5, 5.41) is 3.01. The molecule has 3 heteroatoms. The number of nitrogens with one attached hydrogen (secondary N) is 1. The lowest BCUT2D eigenvalue weighted by molar-refractivity contribution is 0.0945. The summed E-state index contributed by atoms with van der Waals surface area (Å²) >= 11 is 0. The molecule has 1 atom stereocenters. The number of carbonyl (C=O) groups is 1. The summed E-state index contributed by atoms with van der Waals surface area (Å²) in [4.78, 5) is 16.1. The topological polar surface area (TPSA) is 42.0 Å². The van der Waals surface area contributed by atoms with Crippen LogP contribution >= 0.6 is 0 Å².